The highest BCUT2D eigenvalue weighted by atomic mass is 35.5. The van der Waals surface area contributed by atoms with E-state index in [2.05, 4.69) is 0 Å². The summed E-state index contributed by atoms with van der Waals surface area (Å²) in [4.78, 5) is 0. The Morgan fingerprint density at radius 3 is 2.31 bits per heavy atom. The van der Waals surface area contributed by atoms with Gasteiger partial charge in [0.15, 0.2) is 0 Å². The summed E-state index contributed by atoms with van der Waals surface area (Å²) in [6, 6.07) is 6.88. The largest absolute Gasteiger partial charge is 0.621 e. The van der Waals surface area contributed by atoms with Crippen molar-refractivity contribution < 1.29 is 9.48 Å². The highest BCUT2D eigenvalue weighted by Crippen LogP contribution is 2.10. The van der Waals surface area contributed by atoms with Crippen LogP contribution < -0.4 is 0 Å². The van der Waals surface area contributed by atoms with Gasteiger partial charge in [0.1, 0.15) is 7.05 Å². The number of methoxy groups -OCH3 is 1. The number of ether oxygens (including phenoxy) is 1. The molecule has 1 aromatic carbocycles. The average molecular weight is 200 g/mol. The highest BCUT2D eigenvalue weighted by Gasteiger charge is 2.09. The molecule has 1 aromatic rings. The normalized spacial score (nSPS) is 12.2. The summed E-state index contributed by atoms with van der Waals surface area (Å²) in [5.74, 6) is 0.275. The molecule has 0 atom stereocenters. The fourth-order valence-corrected chi connectivity index (χ4v) is 1.15. The lowest BCUT2D eigenvalue weighted by molar-refractivity contribution is -0.432. The zero-order valence-electron chi connectivity index (χ0n) is 7.45. The second-order valence-electron chi connectivity index (χ2n) is 2.51. The van der Waals surface area contributed by atoms with E-state index in [9.17, 15) is 5.21 Å². The number of halogens is 1. The first-order valence-electron chi connectivity index (χ1n) is 3.73. The van der Waals surface area contributed by atoms with Crippen LogP contribution >= 0.6 is 11.6 Å². The van der Waals surface area contributed by atoms with E-state index >= 15 is 0 Å². The molecule has 0 saturated heterocycles. The summed E-state index contributed by atoms with van der Waals surface area (Å²) < 4.78 is 5.59. The van der Waals surface area contributed by atoms with Gasteiger partial charge in [0.2, 0.25) is 0 Å². The molecular weight excluding hydrogens is 190 g/mol. The van der Waals surface area contributed by atoms with Crippen LogP contribution in [0.2, 0.25) is 5.02 Å². The van der Waals surface area contributed by atoms with Gasteiger partial charge in [0.25, 0.3) is 0 Å². The van der Waals surface area contributed by atoms with E-state index in [4.69, 9.17) is 16.3 Å². The number of hydrogen-bond donors (Lipinski definition) is 0. The van der Waals surface area contributed by atoms with E-state index in [0.29, 0.717) is 15.3 Å². The quantitative estimate of drug-likeness (QED) is 0.228. The molecule has 0 radical (unpaired) electrons. The van der Waals surface area contributed by atoms with Crippen molar-refractivity contribution in [3.63, 3.8) is 0 Å². The van der Waals surface area contributed by atoms with Crippen molar-refractivity contribution in [3.05, 3.63) is 40.1 Å². The number of hydrogen-bond acceptors (Lipinski definition) is 2. The minimum absolute atomic E-state index is 0.275. The molecule has 0 aliphatic rings. The molecular formula is C9H10ClNO2. The monoisotopic (exact) mass is 199 g/mol. The Kier molecular flexibility index (Phi) is 3.14. The average Bonchev–Trinajstić information content (AvgIpc) is 2.09. The van der Waals surface area contributed by atoms with Gasteiger partial charge < -0.3 is 9.94 Å². The first-order valence-corrected chi connectivity index (χ1v) is 4.10. The predicted octanol–water partition coefficient (Wildman–Crippen LogP) is 1.87. The zero-order valence-corrected chi connectivity index (χ0v) is 8.21. The number of benzene rings is 1. The molecule has 0 aliphatic carbocycles. The molecule has 1 rings (SSSR count). The second kappa shape index (κ2) is 4.14. The molecule has 4 heteroatoms. The van der Waals surface area contributed by atoms with Crippen molar-refractivity contribution in [2.45, 2.75) is 0 Å². The van der Waals surface area contributed by atoms with Crippen LogP contribution in [0.5, 0.6) is 0 Å². The van der Waals surface area contributed by atoms with Crippen LogP contribution in [-0.2, 0) is 4.74 Å². The molecule has 0 amide bonds. The molecule has 0 N–H and O–H groups in total. The van der Waals surface area contributed by atoms with Crippen molar-refractivity contribution in [2.75, 3.05) is 14.2 Å². The third kappa shape index (κ3) is 2.36. The molecule has 0 aromatic heterocycles. The lowest BCUT2D eigenvalue weighted by Gasteiger charge is -2.04. The van der Waals surface area contributed by atoms with Crippen molar-refractivity contribution >= 4 is 17.5 Å². The van der Waals surface area contributed by atoms with E-state index < -0.39 is 0 Å². The molecule has 3 nitrogen and oxygen atoms in total. The molecule has 70 valence electrons. The van der Waals surface area contributed by atoms with E-state index in [1.807, 2.05) is 0 Å². The number of hydroxylamine groups is 1. The number of rotatable bonds is 1. The van der Waals surface area contributed by atoms with Gasteiger partial charge in [-0.05, 0) is 24.3 Å². The fraction of sp³-hybridized carbons (Fsp3) is 0.222. The van der Waals surface area contributed by atoms with Crippen LogP contribution in [-0.4, -0.2) is 24.8 Å². The Morgan fingerprint density at radius 2 is 1.92 bits per heavy atom. The first-order chi connectivity index (χ1) is 6.15. The molecule has 0 spiro atoms. The summed E-state index contributed by atoms with van der Waals surface area (Å²) in [6.45, 7) is 0. The third-order valence-electron chi connectivity index (χ3n) is 1.57. The van der Waals surface area contributed by atoms with Crippen LogP contribution in [0.25, 0.3) is 0 Å². The van der Waals surface area contributed by atoms with Gasteiger partial charge in [-0.3, -0.25) is 0 Å². The Hall–Kier alpha value is -1.22. The van der Waals surface area contributed by atoms with Gasteiger partial charge in [-0.15, -0.1) is 0 Å². The van der Waals surface area contributed by atoms with E-state index in [0.717, 1.165) is 0 Å². The third-order valence-corrected chi connectivity index (χ3v) is 1.82. The van der Waals surface area contributed by atoms with Gasteiger partial charge in [-0.25, -0.2) is 0 Å². The van der Waals surface area contributed by atoms with Crippen molar-refractivity contribution in [1.29, 1.82) is 0 Å². The van der Waals surface area contributed by atoms with Gasteiger partial charge in [-0.2, -0.15) is 4.74 Å². The van der Waals surface area contributed by atoms with Crippen LogP contribution in [0.3, 0.4) is 0 Å². The lowest BCUT2D eigenvalue weighted by atomic mass is 10.2. The smallest absolute Gasteiger partial charge is 0.380 e. The predicted molar refractivity (Wildman–Crippen MR) is 52.1 cm³/mol. The summed E-state index contributed by atoms with van der Waals surface area (Å²) in [5, 5.41) is 11.6. The molecule has 13 heavy (non-hydrogen) atoms. The van der Waals surface area contributed by atoms with E-state index in [1.54, 1.807) is 24.3 Å². The summed E-state index contributed by atoms with van der Waals surface area (Å²) in [7, 11) is 2.84. The van der Waals surface area contributed by atoms with E-state index in [1.165, 1.54) is 14.2 Å². The van der Waals surface area contributed by atoms with Crippen LogP contribution in [0.4, 0.5) is 0 Å². The van der Waals surface area contributed by atoms with Crippen molar-refractivity contribution in [1.82, 2.24) is 0 Å². The minimum atomic E-state index is 0.275. The van der Waals surface area contributed by atoms with Gasteiger partial charge in [-0.1, -0.05) is 11.6 Å². The maximum atomic E-state index is 11.0. The molecule has 0 saturated carbocycles. The maximum absolute atomic E-state index is 11.0. The van der Waals surface area contributed by atoms with Crippen molar-refractivity contribution in [3.8, 4) is 0 Å². The molecule has 0 unspecified atom stereocenters. The van der Waals surface area contributed by atoms with Crippen LogP contribution in [0.1, 0.15) is 5.56 Å². The summed E-state index contributed by atoms with van der Waals surface area (Å²) >= 11 is 5.70. The fourth-order valence-electron chi connectivity index (χ4n) is 1.02. The minimum Gasteiger partial charge on any atom is -0.621 e. The standard InChI is InChI=1S/C9H10ClNO2/c1-11(12)9(13-2)7-3-5-8(10)6-4-7/h3-6H,1-2H3/b11-9-. The molecule has 0 bridgehead atoms. The summed E-state index contributed by atoms with van der Waals surface area (Å²) in [6.07, 6.45) is 0. The summed E-state index contributed by atoms with van der Waals surface area (Å²) in [5.41, 5.74) is 0.712. The van der Waals surface area contributed by atoms with Crippen LogP contribution in [0, 0.1) is 5.21 Å². The first kappa shape index (κ1) is 9.86. The van der Waals surface area contributed by atoms with Gasteiger partial charge in [0, 0.05) is 5.02 Å². The van der Waals surface area contributed by atoms with E-state index in [-0.39, 0.29) is 5.90 Å². The Morgan fingerprint density at radius 1 is 1.38 bits per heavy atom. The Labute approximate surface area is 81.8 Å². The lowest BCUT2D eigenvalue weighted by Crippen LogP contribution is -2.15. The van der Waals surface area contributed by atoms with Gasteiger partial charge >= 0.3 is 5.90 Å². The molecule has 0 fully saturated rings. The molecule has 0 heterocycles. The number of nitrogens with zero attached hydrogens (tertiary/aromatic N) is 1. The van der Waals surface area contributed by atoms with Gasteiger partial charge in [0.05, 0.1) is 12.7 Å². The van der Waals surface area contributed by atoms with Crippen molar-refractivity contribution in [2.24, 2.45) is 0 Å². The zero-order chi connectivity index (χ0) is 9.84. The molecule has 0 aliphatic heterocycles. The Balaban J connectivity index is 3.07. The maximum Gasteiger partial charge on any atom is 0.380 e. The highest BCUT2D eigenvalue weighted by molar-refractivity contribution is 6.30. The topological polar surface area (TPSA) is 35.3 Å². The Bertz CT molecular complexity index is 315. The second-order valence-corrected chi connectivity index (χ2v) is 2.95. The SMILES string of the molecule is CO/C(c1ccc(Cl)cc1)=[N+](/C)[O-]. The van der Waals surface area contributed by atoms with Crippen LogP contribution in [0.15, 0.2) is 24.3 Å².